The normalized spacial score (nSPS) is 15.0. The molecular formula is C19H19ClFN3O2. The van der Waals surface area contributed by atoms with E-state index in [0.717, 1.165) is 30.4 Å². The number of halogens is 2. The van der Waals surface area contributed by atoms with Crippen LogP contribution in [0.15, 0.2) is 53.1 Å². The molecule has 0 spiro atoms. The summed E-state index contributed by atoms with van der Waals surface area (Å²) in [4.78, 5) is 4.45. The van der Waals surface area contributed by atoms with Crippen LogP contribution in [-0.2, 0) is 12.1 Å². The first kappa shape index (κ1) is 18.4. The number of aromatic nitrogens is 2. The second kappa shape index (κ2) is 7.43. The Balaban J connectivity index is 0.00000196. The van der Waals surface area contributed by atoms with Gasteiger partial charge < -0.3 is 15.0 Å². The highest BCUT2D eigenvalue weighted by Gasteiger charge is 2.39. The predicted molar refractivity (Wildman–Crippen MR) is 97.4 cm³/mol. The molecule has 0 amide bonds. The largest absolute Gasteiger partial charge is 0.489 e. The molecule has 1 aliphatic carbocycles. The third kappa shape index (κ3) is 3.71. The van der Waals surface area contributed by atoms with Crippen LogP contribution < -0.4 is 10.5 Å². The molecule has 0 saturated heterocycles. The number of hydrogen-bond donors (Lipinski definition) is 1. The van der Waals surface area contributed by atoms with E-state index in [1.165, 1.54) is 12.1 Å². The maximum Gasteiger partial charge on any atom is 0.258 e. The van der Waals surface area contributed by atoms with E-state index < -0.39 is 5.54 Å². The zero-order valence-electron chi connectivity index (χ0n) is 14.0. The average Bonchev–Trinajstić information content (AvgIpc) is 3.09. The second-order valence-electron chi connectivity index (χ2n) is 6.38. The Morgan fingerprint density at radius 1 is 1.15 bits per heavy atom. The molecule has 3 aromatic rings. The molecule has 0 radical (unpaired) electrons. The van der Waals surface area contributed by atoms with Gasteiger partial charge in [-0.2, -0.15) is 4.98 Å². The molecule has 0 bridgehead atoms. The van der Waals surface area contributed by atoms with Gasteiger partial charge in [-0.1, -0.05) is 23.4 Å². The molecule has 1 fully saturated rings. The Morgan fingerprint density at radius 2 is 1.96 bits per heavy atom. The third-order valence-corrected chi connectivity index (χ3v) is 4.49. The maximum absolute atomic E-state index is 13.2. The Kier molecular flexibility index (Phi) is 5.25. The molecule has 2 aromatic carbocycles. The van der Waals surface area contributed by atoms with E-state index in [4.69, 9.17) is 15.0 Å². The summed E-state index contributed by atoms with van der Waals surface area (Å²) in [5.74, 6) is 1.17. The molecule has 0 atom stereocenters. The number of nitrogens with zero attached hydrogens (tertiary/aromatic N) is 2. The second-order valence-corrected chi connectivity index (χ2v) is 6.38. The molecule has 1 heterocycles. The molecule has 5 nitrogen and oxygen atoms in total. The van der Waals surface area contributed by atoms with Crippen LogP contribution >= 0.6 is 12.4 Å². The summed E-state index contributed by atoms with van der Waals surface area (Å²) in [7, 11) is 0. The van der Waals surface area contributed by atoms with Crippen LogP contribution in [0.4, 0.5) is 4.39 Å². The molecular weight excluding hydrogens is 357 g/mol. The smallest absolute Gasteiger partial charge is 0.258 e. The van der Waals surface area contributed by atoms with Crippen molar-refractivity contribution < 1.29 is 13.7 Å². The molecule has 136 valence electrons. The Morgan fingerprint density at radius 3 is 2.69 bits per heavy atom. The van der Waals surface area contributed by atoms with Crippen molar-refractivity contribution >= 4 is 12.4 Å². The SMILES string of the molecule is Cl.NC1(c2noc(-c3cccc(COc4cccc(F)c4)c3)n2)CCC1. The third-order valence-electron chi connectivity index (χ3n) is 4.49. The van der Waals surface area contributed by atoms with Crippen LogP contribution in [0, 0.1) is 5.82 Å². The molecule has 1 aliphatic rings. The van der Waals surface area contributed by atoms with Crippen molar-refractivity contribution in [2.75, 3.05) is 0 Å². The molecule has 0 unspecified atom stereocenters. The first-order valence-corrected chi connectivity index (χ1v) is 8.23. The molecule has 1 saturated carbocycles. The van der Waals surface area contributed by atoms with Gasteiger partial charge in [-0.25, -0.2) is 4.39 Å². The van der Waals surface area contributed by atoms with Gasteiger partial charge in [-0.3, -0.25) is 0 Å². The van der Waals surface area contributed by atoms with Crippen molar-refractivity contribution in [2.24, 2.45) is 5.73 Å². The summed E-state index contributed by atoms with van der Waals surface area (Å²) < 4.78 is 24.2. The van der Waals surface area contributed by atoms with Gasteiger partial charge in [0.1, 0.15) is 18.2 Å². The quantitative estimate of drug-likeness (QED) is 0.722. The maximum atomic E-state index is 13.2. The first-order valence-electron chi connectivity index (χ1n) is 8.23. The minimum atomic E-state index is -0.445. The highest BCUT2D eigenvalue weighted by molar-refractivity contribution is 5.85. The van der Waals surface area contributed by atoms with E-state index in [1.54, 1.807) is 12.1 Å². The van der Waals surface area contributed by atoms with Crippen molar-refractivity contribution in [1.82, 2.24) is 10.1 Å². The Labute approximate surface area is 156 Å². The van der Waals surface area contributed by atoms with E-state index in [1.807, 2.05) is 24.3 Å². The molecule has 1 aromatic heterocycles. The zero-order valence-corrected chi connectivity index (χ0v) is 14.8. The summed E-state index contributed by atoms with van der Waals surface area (Å²) in [6, 6.07) is 13.7. The monoisotopic (exact) mass is 375 g/mol. The van der Waals surface area contributed by atoms with Crippen molar-refractivity contribution in [3.8, 4) is 17.2 Å². The zero-order chi connectivity index (χ0) is 17.3. The fourth-order valence-corrected chi connectivity index (χ4v) is 2.84. The van der Waals surface area contributed by atoms with Crippen molar-refractivity contribution in [1.29, 1.82) is 0 Å². The van der Waals surface area contributed by atoms with Crippen LogP contribution in [0.5, 0.6) is 5.75 Å². The predicted octanol–water partition coefficient (Wildman–Crippen LogP) is 4.21. The van der Waals surface area contributed by atoms with E-state index >= 15 is 0 Å². The molecule has 4 rings (SSSR count). The molecule has 2 N–H and O–H groups in total. The van der Waals surface area contributed by atoms with E-state index in [2.05, 4.69) is 10.1 Å². The number of nitrogens with two attached hydrogens (primary N) is 1. The minimum Gasteiger partial charge on any atom is -0.489 e. The lowest BCUT2D eigenvalue weighted by molar-refractivity contribution is 0.229. The van der Waals surface area contributed by atoms with Gasteiger partial charge in [0.2, 0.25) is 0 Å². The summed E-state index contributed by atoms with van der Waals surface area (Å²) in [6.07, 6.45) is 2.86. The fourth-order valence-electron chi connectivity index (χ4n) is 2.84. The topological polar surface area (TPSA) is 74.2 Å². The van der Waals surface area contributed by atoms with Gasteiger partial charge >= 0.3 is 0 Å². The highest BCUT2D eigenvalue weighted by atomic mass is 35.5. The van der Waals surface area contributed by atoms with Crippen LogP contribution in [0.3, 0.4) is 0 Å². The first-order chi connectivity index (χ1) is 12.1. The van der Waals surface area contributed by atoms with Crippen LogP contribution in [-0.4, -0.2) is 10.1 Å². The lowest BCUT2D eigenvalue weighted by atomic mass is 9.77. The van der Waals surface area contributed by atoms with Gasteiger partial charge in [0.25, 0.3) is 5.89 Å². The molecule has 26 heavy (non-hydrogen) atoms. The molecule has 7 heteroatoms. The summed E-state index contributed by atoms with van der Waals surface area (Å²) in [5.41, 5.74) is 7.52. The Bertz CT molecular complexity index is 896. The van der Waals surface area contributed by atoms with Crippen molar-refractivity contribution in [3.05, 3.63) is 65.7 Å². The summed E-state index contributed by atoms with van der Waals surface area (Å²) in [6.45, 7) is 0.319. The van der Waals surface area contributed by atoms with E-state index in [9.17, 15) is 4.39 Å². The van der Waals surface area contributed by atoms with Crippen LogP contribution in [0.25, 0.3) is 11.5 Å². The van der Waals surface area contributed by atoms with E-state index in [0.29, 0.717) is 24.1 Å². The highest BCUT2D eigenvalue weighted by Crippen LogP contribution is 2.37. The number of benzene rings is 2. The van der Waals surface area contributed by atoms with Crippen molar-refractivity contribution in [3.63, 3.8) is 0 Å². The van der Waals surface area contributed by atoms with Gasteiger partial charge in [0.05, 0.1) is 5.54 Å². The van der Waals surface area contributed by atoms with E-state index in [-0.39, 0.29) is 18.2 Å². The number of hydrogen-bond acceptors (Lipinski definition) is 5. The minimum absolute atomic E-state index is 0. The number of ether oxygens (including phenoxy) is 1. The summed E-state index contributed by atoms with van der Waals surface area (Å²) >= 11 is 0. The lowest BCUT2D eigenvalue weighted by Crippen LogP contribution is -2.44. The van der Waals surface area contributed by atoms with Gasteiger partial charge in [0.15, 0.2) is 5.82 Å². The lowest BCUT2D eigenvalue weighted by Gasteiger charge is -2.34. The van der Waals surface area contributed by atoms with Crippen LogP contribution in [0.2, 0.25) is 0 Å². The molecule has 0 aliphatic heterocycles. The van der Waals surface area contributed by atoms with Gasteiger partial charge in [-0.05, 0) is 49.1 Å². The Hall–Kier alpha value is -2.44. The van der Waals surface area contributed by atoms with Crippen LogP contribution in [0.1, 0.15) is 30.7 Å². The average molecular weight is 376 g/mol. The fraction of sp³-hybridized carbons (Fsp3) is 0.263. The standard InChI is InChI=1S/C19H18FN3O2.ClH/c20-15-6-2-7-16(11-15)24-12-13-4-1-5-14(10-13)17-22-18(23-25-17)19(21)8-3-9-19;/h1-2,4-7,10-11H,3,8-9,12,21H2;1H. The summed E-state index contributed by atoms with van der Waals surface area (Å²) in [5, 5.41) is 4.04. The van der Waals surface area contributed by atoms with Gasteiger partial charge in [0, 0.05) is 11.6 Å². The van der Waals surface area contributed by atoms with Gasteiger partial charge in [-0.15, -0.1) is 12.4 Å². The van der Waals surface area contributed by atoms with Crippen molar-refractivity contribution in [2.45, 2.75) is 31.4 Å². The number of rotatable bonds is 5.